The van der Waals surface area contributed by atoms with E-state index in [1.54, 1.807) is 11.3 Å². The molecule has 2 nitrogen and oxygen atoms in total. The highest BCUT2D eigenvalue weighted by Gasteiger charge is 2.16. The van der Waals surface area contributed by atoms with E-state index in [2.05, 4.69) is 33.2 Å². The van der Waals surface area contributed by atoms with Crippen LogP contribution in [0.2, 0.25) is 5.02 Å². The van der Waals surface area contributed by atoms with Crippen LogP contribution in [0.3, 0.4) is 0 Å². The number of rotatable bonds is 6. The van der Waals surface area contributed by atoms with E-state index in [0.29, 0.717) is 0 Å². The minimum absolute atomic E-state index is 0.237. The molecule has 2 aromatic heterocycles. The van der Waals surface area contributed by atoms with Gasteiger partial charge in [-0.15, -0.1) is 11.3 Å². The maximum Gasteiger partial charge on any atom is 0.0561 e. The molecule has 2 aromatic rings. The lowest BCUT2D eigenvalue weighted by molar-refractivity contribution is 0.532. The molecule has 0 saturated heterocycles. The maximum atomic E-state index is 6.25. The van der Waals surface area contributed by atoms with Crippen molar-refractivity contribution in [1.82, 2.24) is 10.3 Å². The molecule has 1 unspecified atom stereocenters. The van der Waals surface area contributed by atoms with Gasteiger partial charge in [-0.25, -0.2) is 0 Å². The Hall–Kier alpha value is -0.420. The third-order valence-electron chi connectivity index (χ3n) is 2.80. The molecule has 1 atom stereocenters. The van der Waals surface area contributed by atoms with Crippen molar-refractivity contribution in [1.29, 1.82) is 0 Å². The van der Waals surface area contributed by atoms with Gasteiger partial charge in [0.1, 0.15) is 0 Å². The van der Waals surface area contributed by atoms with Crippen molar-refractivity contribution in [2.45, 2.75) is 25.8 Å². The summed E-state index contributed by atoms with van der Waals surface area (Å²) in [5.74, 6) is 0. The summed E-state index contributed by atoms with van der Waals surface area (Å²) in [6.07, 6.45) is 3.79. The molecule has 0 amide bonds. The van der Waals surface area contributed by atoms with Gasteiger partial charge in [-0.3, -0.25) is 4.98 Å². The molecule has 0 bridgehead atoms. The normalized spacial score (nSPS) is 12.6. The minimum Gasteiger partial charge on any atom is -0.309 e. The second kappa shape index (κ2) is 7.39. The highest BCUT2D eigenvalue weighted by atomic mass is 79.9. The van der Waals surface area contributed by atoms with Crippen LogP contribution >= 0.6 is 38.9 Å². The van der Waals surface area contributed by atoms with Crippen molar-refractivity contribution in [2.24, 2.45) is 0 Å². The molecule has 0 aliphatic heterocycles. The van der Waals surface area contributed by atoms with Crippen LogP contribution in [-0.4, -0.2) is 11.5 Å². The predicted molar refractivity (Wildman–Crippen MR) is 86.0 cm³/mol. The Balaban J connectivity index is 2.14. The lowest BCUT2D eigenvalue weighted by Gasteiger charge is -2.17. The Labute approximate surface area is 131 Å². The second-order valence-electron chi connectivity index (χ2n) is 4.31. The van der Waals surface area contributed by atoms with Crippen LogP contribution in [0.5, 0.6) is 0 Å². The van der Waals surface area contributed by atoms with Crippen molar-refractivity contribution >= 4 is 38.9 Å². The predicted octanol–water partition coefficient (Wildman–Crippen LogP) is 4.84. The van der Waals surface area contributed by atoms with E-state index in [0.717, 1.165) is 34.6 Å². The standard InChI is InChI=1S/C14H16BrClN2S/c1-2-6-17-13(14-12(16)5-7-19-14)8-11-4-3-10(15)9-18-11/h3-5,7,9,13,17H,2,6,8H2,1H3. The number of halogens is 2. The van der Waals surface area contributed by atoms with Crippen LogP contribution in [0.25, 0.3) is 0 Å². The van der Waals surface area contributed by atoms with Gasteiger partial charge in [-0.2, -0.15) is 0 Å². The Kier molecular flexibility index (Phi) is 5.82. The number of nitrogens with one attached hydrogen (secondary N) is 1. The number of aromatic nitrogens is 1. The summed E-state index contributed by atoms with van der Waals surface area (Å²) >= 11 is 11.4. The van der Waals surface area contributed by atoms with Crippen LogP contribution in [0.4, 0.5) is 0 Å². The molecule has 0 aliphatic rings. The van der Waals surface area contributed by atoms with Crippen LogP contribution in [0, 0.1) is 0 Å². The fourth-order valence-corrected chi connectivity index (χ4v) is 3.37. The van der Waals surface area contributed by atoms with Crippen molar-refractivity contribution in [3.8, 4) is 0 Å². The first-order valence-corrected chi connectivity index (χ1v) is 8.32. The Morgan fingerprint density at radius 2 is 2.26 bits per heavy atom. The molecule has 0 radical (unpaired) electrons. The first-order chi connectivity index (χ1) is 9.20. The Morgan fingerprint density at radius 1 is 1.42 bits per heavy atom. The summed E-state index contributed by atoms with van der Waals surface area (Å²) in [4.78, 5) is 5.63. The molecule has 19 heavy (non-hydrogen) atoms. The molecule has 2 heterocycles. The van der Waals surface area contributed by atoms with Gasteiger partial charge in [0.25, 0.3) is 0 Å². The zero-order valence-electron chi connectivity index (χ0n) is 10.7. The van der Waals surface area contributed by atoms with Crippen molar-refractivity contribution in [2.75, 3.05) is 6.54 Å². The molecule has 0 spiro atoms. The van der Waals surface area contributed by atoms with Crippen LogP contribution < -0.4 is 5.32 Å². The summed E-state index contributed by atoms with van der Waals surface area (Å²) < 4.78 is 1.00. The molecular formula is C14H16BrClN2S. The first kappa shape index (κ1) is 15.0. The molecule has 102 valence electrons. The number of hydrogen-bond donors (Lipinski definition) is 1. The Morgan fingerprint density at radius 3 is 2.84 bits per heavy atom. The van der Waals surface area contributed by atoms with Crippen LogP contribution in [-0.2, 0) is 6.42 Å². The summed E-state index contributed by atoms with van der Waals surface area (Å²) in [7, 11) is 0. The third kappa shape index (κ3) is 4.28. The maximum absolute atomic E-state index is 6.25. The van der Waals surface area contributed by atoms with E-state index in [9.17, 15) is 0 Å². The SMILES string of the molecule is CCCNC(Cc1ccc(Br)cn1)c1sccc1Cl. The zero-order chi connectivity index (χ0) is 13.7. The number of thiophene rings is 1. The monoisotopic (exact) mass is 358 g/mol. The second-order valence-corrected chi connectivity index (χ2v) is 6.58. The average molecular weight is 360 g/mol. The third-order valence-corrected chi connectivity index (χ3v) is 4.75. The van der Waals surface area contributed by atoms with Gasteiger partial charge < -0.3 is 5.32 Å². The average Bonchev–Trinajstić information content (AvgIpc) is 2.83. The van der Waals surface area contributed by atoms with E-state index in [1.807, 2.05) is 29.8 Å². The highest BCUT2D eigenvalue weighted by Crippen LogP contribution is 2.30. The summed E-state index contributed by atoms with van der Waals surface area (Å²) in [5, 5.41) is 6.43. The fourth-order valence-electron chi connectivity index (χ4n) is 1.87. The fraction of sp³-hybridized carbons (Fsp3) is 0.357. The van der Waals surface area contributed by atoms with Gasteiger partial charge in [-0.1, -0.05) is 18.5 Å². The smallest absolute Gasteiger partial charge is 0.0561 e. The summed E-state index contributed by atoms with van der Waals surface area (Å²) in [6.45, 7) is 3.15. The van der Waals surface area contributed by atoms with Gasteiger partial charge in [0.2, 0.25) is 0 Å². The molecule has 5 heteroatoms. The molecule has 2 rings (SSSR count). The minimum atomic E-state index is 0.237. The topological polar surface area (TPSA) is 24.9 Å². The van der Waals surface area contributed by atoms with E-state index in [1.165, 1.54) is 4.88 Å². The lowest BCUT2D eigenvalue weighted by Crippen LogP contribution is -2.23. The molecule has 0 fully saturated rings. The van der Waals surface area contributed by atoms with E-state index in [4.69, 9.17) is 11.6 Å². The van der Waals surface area contributed by atoms with Gasteiger partial charge in [0.05, 0.1) is 5.02 Å². The Bertz CT molecular complexity index is 512. The van der Waals surface area contributed by atoms with Gasteiger partial charge in [-0.05, 0) is 52.5 Å². The quantitative estimate of drug-likeness (QED) is 0.798. The van der Waals surface area contributed by atoms with Crippen LogP contribution in [0.1, 0.15) is 30.0 Å². The lowest BCUT2D eigenvalue weighted by atomic mass is 10.1. The number of hydrogen-bond acceptors (Lipinski definition) is 3. The van der Waals surface area contributed by atoms with Crippen molar-refractivity contribution in [3.05, 3.63) is 49.8 Å². The highest BCUT2D eigenvalue weighted by molar-refractivity contribution is 9.10. The molecule has 1 N–H and O–H groups in total. The molecule has 0 saturated carbocycles. The van der Waals surface area contributed by atoms with E-state index < -0.39 is 0 Å². The van der Waals surface area contributed by atoms with Gasteiger partial charge in [0, 0.05) is 33.7 Å². The largest absolute Gasteiger partial charge is 0.309 e. The van der Waals surface area contributed by atoms with E-state index >= 15 is 0 Å². The zero-order valence-corrected chi connectivity index (χ0v) is 13.9. The van der Waals surface area contributed by atoms with Crippen molar-refractivity contribution in [3.63, 3.8) is 0 Å². The number of nitrogens with zero attached hydrogens (tertiary/aromatic N) is 1. The summed E-state index contributed by atoms with van der Waals surface area (Å²) in [6, 6.07) is 6.26. The van der Waals surface area contributed by atoms with Crippen molar-refractivity contribution < 1.29 is 0 Å². The van der Waals surface area contributed by atoms with E-state index in [-0.39, 0.29) is 6.04 Å². The number of pyridine rings is 1. The van der Waals surface area contributed by atoms with Crippen LogP contribution in [0.15, 0.2) is 34.2 Å². The molecular weight excluding hydrogens is 344 g/mol. The molecule has 0 aromatic carbocycles. The van der Waals surface area contributed by atoms with Gasteiger partial charge >= 0.3 is 0 Å². The summed E-state index contributed by atoms with van der Waals surface area (Å²) in [5.41, 5.74) is 1.07. The molecule has 0 aliphatic carbocycles. The first-order valence-electron chi connectivity index (χ1n) is 6.27. The van der Waals surface area contributed by atoms with Gasteiger partial charge in [0.15, 0.2) is 0 Å².